The van der Waals surface area contributed by atoms with Gasteiger partial charge in [-0.3, -0.25) is 9.78 Å². The maximum absolute atomic E-state index is 11.7. The second-order valence-electron chi connectivity index (χ2n) is 4.25. The lowest BCUT2D eigenvalue weighted by molar-refractivity contribution is 0.0697. The summed E-state index contributed by atoms with van der Waals surface area (Å²) in [4.78, 5) is 29.6. The minimum atomic E-state index is -0.999. The van der Waals surface area contributed by atoms with Crippen molar-refractivity contribution in [1.29, 1.82) is 0 Å². The van der Waals surface area contributed by atoms with Gasteiger partial charge >= 0.3 is 5.97 Å². The van der Waals surface area contributed by atoms with Crippen molar-refractivity contribution in [2.24, 2.45) is 0 Å². The molecule has 19 heavy (non-hydrogen) atoms. The molecule has 0 unspecified atom stereocenters. The summed E-state index contributed by atoms with van der Waals surface area (Å²) in [5.74, 6) is -0.999. The number of hydrogen-bond donors (Lipinski definition) is 2. The summed E-state index contributed by atoms with van der Waals surface area (Å²) < 4.78 is 0. The van der Waals surface area contributed by atoms with Crippen molar-refractivity contribution in [3.05, 3.63) is 51.6 Å². The highest BCUT2D eigenvalue weighted by atomic mass is 16.4. The van der Waals surface area contributed by atoms with Crippen LogP contribution in [0, 0.1) is 6.92 Å². The second-order valence-corrected chi connectivity index (χ2v) is 4.25. The van der Waals surface area contributed by atoms with Gasteiger partial charge in [0.2, 0.25) is 0 Å². The van der Waals surface area contributed by atoms with Crippen molar-refractivity contribution in [3.63, 3.8) is 0 Å². The van der Waals surface area contributed by atoms with Gasteiger partial charge in [-0.05, 0) is 31.5 Å². The van der Waals surface area contributed by atoms with Gasteiger partial charge in [0.05, 0.1) is 11.3 Å². The maximum Gasteiger partial charge on any atom is 0.335 e. The van der Waals surface area contributed by atoms with E-state index in [9.17, 15) is 9.59 Å². The topological polar surface area (TPSA) is 83.0 Å². The van der Waals surface area contributed by atoms with E-state index < -0.39 is 5.97 Å². The fraction of sp³-hybridized carbons (Fsp3) is 0.214. The average molecular weight is 258 g/mol. The second kappa shape index (κ2) is 5.06. The molecule has 2 heterocycles. The van der Waals surface area contributed by atoms with Crippen molar-refractivity contribution in [3.8, 4) is 11.3 Å². The minimum Gasteiger partial charge on any atom is -0.478 e. The number of aromatic nitrogens is 2. The van der Waals surface area contributed by atoms with E-state index in [-0.39, 0.29) is 11.1 Å². The lowest BCUT2D eigenvalue weighted by atomic mass is 10.0. The maximum atomic E-state index is 11.7. The van der Waals surface area contributed by atoms with Gasteiger partial charge in [-0.15, -0.1) is 0 Å². The molecule has 0 radical (unpaired) electrons. The predicted octanol–water partition coefficient (Wildman–Crippen LogP) is 2.01. The van der Waals surface area contributed by atoms with E-state index in [1.165, 1.54) is 18.3 Å². The number of pyridine rings is 2. The lowest BCUT2D eigenvalue weighted by Gasteiger charge is -2.07. The van der Waals surface area contributed by atoms with Gasteiger partial charge in [0, 0.05) is 23.0 Å². The fourth-order valence-electron chi connectivity index (χ4n) is 1.91. The number of nitrogens with one attached hydrogen (secondary N) is 1. The Morgan fingerprint density at radius 2 is 2.16 bits per heavy atom. The molecule has 2 aromatic heterocycles. The number of aryl methyl sites for hydroxylation is 2. The summed E-state index contributed by atoms with van der Waals surface area (Å²) in [6, 6.07) is 4.71. The Labute approximate surface area is 110 Å². The van der Waals surface area contributed by atoms with Crippen molar-refractivity contribution in [2.75, 3.05) is 0 Å². The Bertz CT molecular complexity index is 689. The molecular formula is C14H14N2O3. The molecule has 0 amide bonds. The van der Waals surface area contributed by atoms with E-state index in [0.29, 0.717) is 23.4 Å². The van der Waals surface area contributed by atoms with E-state index in [4.69, 9.17) is 5.11 Å². The van der Waals surface area contributed by atoms with Crippen LogP contribution in [-0.2, 0) is 6.42 Å². The van der Waals surface area contributed by atoms with Gasteiger partial charge in [-0.25, -0.2) is 4.79 Å². The first kappa shape index (κ1) is 13.0. The number of carbonyl (C=O) groups is 1. The summed E-state index contributed by atoms with van der Waals surface area (Å²) in [5.41, 5.74) is 2.69. The number of carboxylic acid groups (broad SMARTS) is 1. The third kappa shape index (κ3) is 2.54. The summed E-state index contributed by atoms with van der Waals surface area (Å²) >= 11 is 0. The van der Waals surface area contributed by atoms with E-state index in [0.717, 1.165) is 5.56 Å². The summed E-state index contributed by atoms with van der Waals surface area (Å²) in [7, 11) is 0. The third-order valence-electron chi connectivity index (χ3n) is 2.98. The highest BCUT2D eigenvalue weighted by molar-refractivity contribution is 5.88. The van der Waals surface area contributed by atoms with Crippen LogP contribution in [0.15, 0.2) is 29.2 Å². The Kier molecular flexibility index (Phi) is 3.46. The molecule has 0 aliphatic carbocycles. The van der Waals surface area contributed by atoms with Crippen molar-refractivity contribution in [2.45, 2.75) is 20.3 Å². The van der Waals surface area contributed by atoms with Gasteiger partial charge in [0.15, 0.2) is 0 Å². The summed E-state index contributed by atoms with van der Waals surface area (Å²) in [6.45, 7) is 3.66. The van der Waals surface area contributed by atoms with Crippen LogP contribution in [0.2, 0.25) is 0 Å². The van der Waals surface area contributed by atoms with Crippen molar-refractivity contribution < 1.29 is 9.90 Å². The molecule has 0 bridgehead atoms. The number of hydrogen-bond acceptors (Lipinski definition) is 3. The Balaban J connectivity index is 2.61. The Morgan fingerprint density at radius 3 is 2.79 bits per heavy atom. The molecule has 0 saturated heterocycles. The van der Waals surface area contributed by atoms with Crippen LogP contribution < -0.4 is 5.56 Å². The third-order valence-corrected chi connectivity index (χ3v) is 2.98. The SMILES string of the molecule is CCc1cc(-c2cc(C(=O)O)ccn2)c(C)[nH]c1=O. The van der Waals surface area contributed by atoms with E-state index in [1.54, 1.807) is 13.0 Å². The first-order chi connectivity index (χ1) is 9.02. The smallest absolute Gasteiger partial charge is 0.335 e. The van der Waals surface area contributed by atoms with E-state index >= 15 is 0 Å². The van der Waals surface area contributed by atoms with Gasteiger partial charge in [0.1, 0.15) is 0 Å². The standard InChI is InChI=1S/C14H14N2O3/c1-3-9-6-11(8(2)16-13(9)17)12-7-10(14(18)19)4-5-15-12/h4-7H,3H2,1-2H3,(H,16,17)(H,18,19). The molecule has 2 rings (SSSR count). The van der Waals surface area contributed by atoms with Crippen LogP contribution in [0.25, 0.3) is 11.3 Å². The zero-order chi connectivity index (χ0) is 14.0. The fourth-order valence-corrected chi connectivity index (χ4v) is 1.91. The number of nitrogens with zero attached hydrogens (tertiary/aromatic N) is 1. The van der Waals surface area contributed by atoms with Crippen LogP contribution in [0.1, 0.15) is 28.5 Å². The molecule has 0 aromatic carbocycles. The number of rotatable bonds is 3. The molecule has 98 valence electrons. The van der Waals surface area contributed by atoms with Gasteiger partial charge in [0.25, 0.3) is 5.56 Å². The van der Waals surface area contributed by atoms with Gasteiger partial charge in [-0.1, -0.05) is 6.92 Å². The first-order valence-corrected chi connectivity index (χ1v) is 5.95. The molecule has 0 fully saturated rings. The average Bonchev–Trinajstić information content (AvgIpc) is 2.39. The van der Waals surface area contributed by atoms with Crippen LogP contribution >= 0.6 is 0 Å². The van der Waals surface area contributed by atoms with Crippen molar-refractivity contribution in [1.82, 2.24) is 9.97 Å². The highest BCUT2D eigenvalue weighted by Crippen LogP contribution is 2.20. The summed E-state index contributed by atoms with van der Waals surface area (Å²) in [6.07, 6.45) is 2.07. The number of aromatic carboxylic acids is 1. The largest absolute Gasteiger partial charge is 0.478 e. The van der Waals surface area contributed by atoms with Gasteiger partial charge < -0.3 is 10.1 Å². The molecule has 2 N–H and O–H groups in total. The number of aromatic amines is 1. The zero-order valence-electron chi connectivity index (χ0n) is 10.7. The normalized spacial score (nSPS) is 10.4. The molecule has 5 heteroatoms. The van der Waals surface area contributed by atoms with Crippen molar-refractivity contribution >= 4 is 5.97 Å². The lowest BCUT2D eigenvalue weighted by Crippen LogP contribution is -2.13. The van der Waals surface area contributed by atoms with E-state index in [2.05, 4.69) is 9.97 Å². The summed E-state index contributed by atoms with van der Waals surface area (Å²) in [5, 5.41) is 8.98. The molecule has 0 atom stereocenters. The van der Waals surface area contributed by atoms with E-state index in [1.807, 2.05) is 6.92 Å². The van der Waals surface area contributed by atoms with Crippen LogP contribution in [0.4, 0.5) is 0 Å². The van der Waals surface area contributed by atoms with Crippen LogP contribution in [0.3, 0.4) is 0 Å². The van der Waals surface area contributed by atoms with Crippen LogP contribution in [0.5, 0.6) is 0 Å². The molecule has 0 aliphatic rings. The molecule has 2 aromatic rings. The quantitative estimate of drug-likeness (QED) is 0.882. The van der Waals surface area contributed by atoms with Crippen LogP contribution in [-0.4, -0.2) is 21.0 Å². The monoisotopic (exact) mass is 258 g/mol. The zero-order valence-corrected chi connectivity index (χ0v) is 10.7. The molecule has 0 spiro atoms. The number of H-pyrrole nitrogens is 1. The molecule has 0 saturated carbocycles. The molecule has 5 nitrogen and oxygen atoms in total. The number of carboxylic acids is 1. The Morgan fingerprint density at radius 1 is 1.42 bits per heavy atom. The minimum absolute atomic E-state index is 0.113. The molecule has 0 aliphatic heterocycles. The van der Waals surface area contributed by atoms with Gasteiger partial charge in [-0.2, -0.15) is 0 Å². The highest BCUT2D eigenvalue weighted by Gasteiger charge is 2.10. The predicted molar refractivity (Wildman–Crippen MR) is 71.4 cm³/mol. The Hall–Kier alpha value is -2.43. The first-order valence-electron chi connectivity index (χ1n) is 5.95. The molecular weight excluding hydrogens is 244 g/mol.